The monoisotopic (exact) mass is 280 g/mol. The first-order valence-electron chi connectivity index (χ1n) is 6.80. The molecule has 1 rings (SSSR count). The summed E-state index contributed by atoms with van der Waals surface area (Å²) >= 11 is 0. The molecule has 0 saturated carbocycles. The number of hydrogen-bond acceptors (Lipinski definition) is 4. The number of carbonyl (C=O) groups is 1. The van der Waals surface area contributed by atoms with Crippen LogP contribution in [0.15, 0.2) is 18.2 Å². The van der Waals surface area contributed by atoms with E-state index in [1.165, 1.54) is 0 Å². The van der Waals surface area contributed by atoms with Crippen LogP contribution in [0.4, 0.5) is 0 Å². The van der Waals surface area contributed by atoms with Crippen LogP contribution in [0, 0.1) is 5.41 Å². The zero-order valence-corrected chi connectivity index (χ0v) is 12.9. The predicted molar refractivity (Wildman–Crippen MR) is 77.4 cm³/mol. The summed E-state index contributed by atoms with van der Waals surface area (Å²) in [6.45, 7) is 9.39. The van der Waals surface area contributed by atoms with E-state index in [0.29, 0.717) is 5.75 Å². The molecule has 0 fully saturated rings. The summed E-state index contributed by atoms with van der Waals surface area (Å²) in [6.07, 6.45) is 0.0343. The molecule has 1 aromatic rings. The summed E-state index contributed by atoms with van der Waals surface area (Å²) < 4.78 is 11.0. The molecular formula is C16H24O4. The van der Waals surface area contributed by atoms with Crippen LogP contribution in [0.5, 0.6) is 5.75 Å². The van der Waals surface area contributed by atoms with Gasteiger partial charge in [0.05, 0.1) is 18.1 Å². The van der Waals surface area contributed by atoms with Gasteiger partial charge in [0, 0.05) is 5.56 Å². The van der Waals surface area contributed by atoms with Crippen molar-refractivity contribution < 1.29 is 19.4 Å². The highest BCUT2D eigenvalue weighted by Gasteiger charge is 2.23. The standard InChI is InChI=1S/C16H24O4/c1-11(2)20-14-7-6-12(9-17)8-13(14)10-19-15(18)16(3,4)5/h6-8,11,17H,9-10H2,1-5H3. The Balaban J connectivity index is 2.87. The first-order chi connectivity index (χ1) is 9.24. The average molecular weight is 280 g/mol. The van der Waals surface area contributed by atoms with Crippen molar-refractivity contribution in [2.45, 2.75) is 53.9 Å². The fraction of sp³-hybridized carbons (Fsp3) is 0.562. The zero-order chi connectivity index (χ0) is 15.3. The summed E-state index contributed by atoms with van der Waals surface area (Å²) in [5, 5.41) is 9.19. The van der Waals surface area contributed by atoms with Crippen molar-refractivity contribution in [1.82, 2.24) is 0 Å². The highest BCUT2D eigenvalue weighted by molar-refractivity contribution is 5.75. The first-order valence-corrected chi connectivity index (χ1v) is 6.80. The lowest BCUT2D eigenvalue weighted by Crippen LogP contribution is -2.23. The van der Waals surface area contributed by atoms with E-state index in [1.54, 1.807) is 18.2 Å². The molecule has 0 aliphatic rings. The summed E-state index contributed by atoms with van der Waals surface area (Å²) in [5.41, 5.74) is 0.999. The van der Waals surface area contributed by atoms with Crippen molar-refractivity contribution in [2.24, 2.45) is 5.41 Å². The molecule has 4 nitrogen and oxygen atoms in total. The Morgan fingerprint density at radius 1 is 1.30 bits per heavy atom. The fourth-order valence-corrected chi connectivity index (χ4v) is 1.57. The molecule has 1 N–H and O–H groups in total. The van der Waals surface area contributed by atoms with Gasteiger partial charge in [0.1, 0.15) is 12.4 Å². The van der Waals surface area contributed by atoms with E-state index in [0.717, 1.165) is 11.1 Å². The molecular weight excluding hydrogens is 256 g/mol. The molecule has 0 bridgehead atoms. The van der Waals surface area contributed by atoms with Crippen molar-refractivity contribution in [3.05, 3.63) is 29.3 Å². The number of aliphatic hydroxyl groups is 1. The molecule has 0 aromatic heterocycles. The van der Waals surface area contributed by atoms with Crippen LogP contribution in [0.3, 0.4) is 0 Å². The van der Waals surface area contributed by atoms with E-state index in [4.69, 9.17) is 9.47 Å². The van der Waals surface area contributed by atoms with Crippen LogP contribution in [0.1, 0.15) is 45.7 Å². The van der Waals surface area contributed by atoms with Crippen molar-refractivity contribution >= 4 is 5.97 Å². The van der Waals surface area contributed by atoms with Crippen LogP contribution in [-0.2, 0) is 22.7 Å². The average Bonchev–Trinajstić information content (AvgIpc) is 2.35. The molecule has 0 radical (unpaired) electrons. The Hall–Kier alpha value is -1.55. The quantitative estimate of drug-likeness (QED) is 0.842. The Morgan fingerprint density at radius 2 is 1.95 bits per heavy atom. The van der Waals surface area contributed by atoms with E-state index < -0.39 is 5.41 Å². The van der Waals surface area contributed by atoms with Gasteiger partial charge in [-0.05, 0) is 52.3 Å². The Labute approximate surface area is 120 Å². The third-order valence-electron chi connectivity index (χ3n) is 2.64. The van der Waals surface area contributed by atoms with Gasteiger partial charge in [0.2, 0.25) is 0 Å². The van der Waals surface area contributed by atoms with Gasteiger partial charge in [-0.15, -0.1) is 0 Å². The fourth-order valence-electron chi connectivity index (χ4n) is 1.57. The molecule has 4 heteroatoms. The third kappa shape index (κ3) is 4.85. The second kappa shape index (κ2) is 6.75. The van der Waals surface area contributed by atoms with Crippen molar-refractivity contribution in [1.29, 1.82) is 0 Å². The number of carbonyl (C=O) groups excluding carboxylic acids is 1. The summed E-state index contributed by atoms with van der Waals surface area (Å²) in [7, 11) is 0. The lowest BCUT2D eigenvalue weighted by Gasteiger charge is -2.19. The second-order valence-corrected chi connectivity index (χ2v) is 6.09. The topological polar surface area (TPSA) is 55.8 Å². The normalized spacial score (nSPS) is 11.6. The number of benzene rings is 1. The smallest absolute Gasteiger partial charge is 0.311 e. The maximum atomic E-state index is 11.8. The molecule has 20 heavy (non-hydrogen) atoms. The van der Waals surface area contributed by atoms with Gasteiger partial charge in [0.25, 0.3) is 0 Å². The molecule has 1 aromatic carbocycles. The molecule has 0 saturated heterocycles. The van der Waals surface area contributed by atoms with E-state index in [2.05, 4.69) is 0 Å². The second-order valence-electron chi connectivity index (χ2n) is 6.09. The third-order valence-corrected chi connectivity index (χ3v) is 2.64. The molecule has 0 unspecified atom stereocenters. The van der Waals surface area contributed by atoms with Crippen LogP contribution < -0.4 is 4.74 Å². The molecule has 0 aliphatic carbocycles. The largest absolute Gasteiger partial charge is 0.491 e. The molecule has 112 valence electrons. The number of ether oxygens (including phenoxy) is 2. The summed E-state index contributed by atoms with van der Waals surface area (Å²) in [4.78, 5) is 11.8. The highest BCUT2D eigenvalue weighted by atomic mass is 16.5. The lowest BCUT2D eigenvalue weighted by molar-refractivity contribution is -0.154. The van der Waals surface area contributed by atoms with Gasteiger partial charge < -0.3 is 14.6 Å². The predicted octanol–water partition coefficient (Wildman–Crippen LogP) is 3.06. The maximum Gasteiger partial charge on any atom is 0.311 e. The van der Waals surface area contributed by atoms with E-state index >= 15 is 0 Å². The minimum Gasteiger partial charge on any atom is -0.491 e. The maximum absolute atomic E-state index is 11.8. The minimum atomic E-state index is -0.534. The van der Waals surface area contributed by atoms with Gasteiger partial charge in [-0.1, -0.05) is 6.07 Å². The number of hydrogen-bond donors (Lipinski definition) is 1. The van der Waals surface area contributed by atoms with Gasteiger partial charge in [0.15, 0.2) is 0 Å². The number of esters is 1. The van der Waals surface area contributed by atoms with E-state index in [-0.39, 0.29) is 25.3 Å². The molecule has 0 atom stereocenters. The minimum absolute atomic E-state index is 0.0343. The van der Waals surface area contributed by atoms with Gasteiger partial charge in [-0.3, -0.25) is 4.79 Å². The Kier molecular flexibility index (Phi) is 5.57. The van der Waals surface area contributed by atoms with Crippen molar-refractivity contribution in [3.8, 4) is 5.75 Å². The highest BCUT2D eigenvalue weighted by Crippen LogP contribution is 2.24. The Morgan fingerprint density at radius 3 is 2.45 bits per heavy atom. The van der Waals surface area contributed by atoms with Gasteiger partial charge in [-0.25, -0.2) is 0 Å². The summed E-state index contributed by atoms with van der Waals surface area (Å²) in [6, 6.07) is 5.40. The SMILES string of the molecule is CC(C)Oc1ccc(CO)cc1COC(=O)C(C)(C)C. The van der Waals surface area contributed by atoms with E-state index in [9.17, 15) is 9.90 Å². The molecule has 0 spiro atoms. The van der Waals surface area contributed by atoms with Crippen LogP contribution in [0.25, 0.3) is 0 Å². The van der Waals surface area contributed by atoms with Crippen molar-refractivity contribution in [3.63, 3.8) is 0 Å². The summed E-state index contributed by atoms with van der Waals surface area (Å²) in [5.74, 6) is 0.418. The molecule has 0 amide bonds. The van der Waals surface area contributed by atoms with Crippen molar-refractivity contribution in [2.75, 3.05) is 0 Å². The van der Waals surface area contributed by atoms with Crippen LogP contribution in [-0.4, -0.2) is 17.2 Å². The van der Waals surface area contributed by atoms with E-state index in [1.807, 2.05) is 34.6 Å². The van der Waals surface area contributed by atoms with Gasteiger partial charge >= 0.3 is 5.97 Å². The molecule has 0 aliphatic heterocycles. The van der Waals surface area contributed by atoms with Crippen LogP contribution in [0.2, 0.25) is 0 Å². The van der Waals surface area contributed by atoms with Gasteiger partial charge in [-0.2, -0.15) is 0 Å². The lowest BCUT2D eigenvalue weighted by atomic mass is 9.97. The number of rotatable bonds is 5. The molecule has 0 heterocycles. The first kappa shape index (κ1) is 16.5. The Bertz CT molecular complexity index is 458. The zero-order valence-electron chi connectivity index (χ0n) is 12.9. The number of aliphatic hydroxyl groups excluding tert-OH is 1. The van der Waals surface area contributed by atoms with Crippen LogP contribution >= 0.6 is 0 Å².